The van der Waals surface area contributed by atoms with Crippen LogP contribution in [0.1, 0.15) is 55.1 Å². The van der Waals surface area contributed by atoms with Gasteiger partial charge in [0.05, 0.1) is 6.42 Å². The molecule has 2 aromatic carbocycles. The zero-order valence-corrected chi connectivity index (χ0v) is 20.5. The molecule has 1 atom stereocenters. The number of rotatable bonds is 10. The van der Waals surface area contributed by atoms with Gasteiger partial charge < -0.3 is 10.6 Å². The number of carbonyl (C=O) groups excluding carboxylic acids is 4. The summed E-state index contributed by atoms with van der Waals surface area (Å²) in [6.45, 7) is 6.10. The van der Waals surface area contributed by atoms with Crippen LogP contribution in [0, 0.1) is 5.92 Å². The van der Waals surface area contributed by atoms with E-state index in [0.717, 1.165) is 41.0 Å². The summed E-state index contributed by atoms with van der Waals surface area (Å²) in [5, 5.41) is 7.73. The largest absolute Gasteiger partial charge is 0.512 e. The molecule has 0 aliphatic carbocycles. The molecule has 0 saturated heterocycles. The fourth-order valence-electron chi connectivity index (χ4n) is 3.72. The number of carbonyl (C=O) groups is 4. The number of imide groups is 1. The molecule has 0 aromatic heterocycles. The lowest BCUT2D eigenvalue weighted by atomic mass is 10.0. The van der Waals surface area contributed by atoms with E-state index in [0.29, 0.717) is 23.3 Å². The van der Waals surface area contributed by atoms with Gasteiger partial charge in [-0.3, -0.25) is 14.4 Å². The van der Waals surface area contributed by atoms with Gasteiger partial charge in [-0.25, -0.2) is 10.1 Å². The molecule has 0 spiro atoms. The van der Waals surface area contributed by atoms with E-state index >= 15 is 0 Å². The number of nitrogens with one attached hydrogen (secondary N) is 3. The standard InChI is InChI=1S/C26H29N3O4S/c1-4-7-18-8-5-6-9-20(18)27-24(31)21(14-16(2)3)28-23(30)19-12-10-17(11-13-19)15-22-25(32)29-26(33)34-22/h5-6,8-13,16,21H,4,7,14-15H2,1-3H3,(H2-,27,28,29,30,31,32,33)/p+1/t21-/m0/s1. The molecular weight excluding hydrogens is 450 g/mol. The summed E-state index contributed by atoms with van der Waals surface area (Å²) in [6, 6.07) is 13.8. The van der Waals surface area contributed by atoms with E-state index in [1.54, 1.807) is 24.3 Å². The second kappa shape index (κ2) is 11.7. The van der Waals surface area contributed by atoms with Gasteiger partial charge in [0, 0.05) is 11.3 Å². The Morgan fingerprint density at radius 2 is 1.74 bits per heavy atom. The molecule has 0 bridgehead atoms. The molecule has 2 aromatic rings. The lowest BCUT2D eigenvalue weighted by Gasteiger charge is -2.21. The number of hydrogen-bond acceptors (Lipinski definition) is 4. The Labute approximate surface area is 203 Å². The number of para-hydroxylation sites is 1. The van der Waals surface area contributed by atoms with Crippen molar-refractivity contribution in [2.24, 2.45) is 5.92 Å². The summed E-state index contributed by atoms with van der Waals surface area (Å²) in [6.07, 6.45) is 2.65. The van der Waals surface area contributed by atoms with Crippen molar-refractivity contribution in [3.63, 3.8) is 0 Å². The number of hydrogen-bond donors (Lipinski definition) is 3. The molecule has 3 rings (SSSR count). The third-order valence-electron chi connectivity index (χ3n) is 5.39. The molecule has 1 aliphatic heterocycles. The summed E-state index contributed by atoms with van der Waals surface area (Å²) in [4.78, 5) is 49.5. The van der Waals surface area contributed by atoms with E-state index in [2.05, 4.69) is 22.9 Å². The minimum Gasteiger partial charge on any atom is -0.340 e. The van der Waals surface area contributed by atoms with E-state index in [9.17, 15) is 19.2 Å². The number of amides is 4. The molecule has 0 fully saturated rings. The topological polar surface area (TPSA) is 104 Å². The molecule has 1 heterocycles. The van der Waals surface area contributed by atoms with Crippen molar-refractivity contribution < 1.29 is 19.2 Å². The smallest absolute Gasteiger partial charge is 0.340 e. The third kappa shape index (κ3) is 6.81. The Balaban J connectivity index is 1.68. The van der Waals surface area contributed by atoms with Crippen molar-refractivity contribution in [1.82, 2.24) is 10.6 Å². The van der Waals surface area contributed by atoms with Crippen LogP contribution < -0.4 is 16.0 Å². The van der Waals surface area contributed by atoms with Crippen LogP contribution in [-0.2, 0) is 33.8 Å². The van der Waals surface area contributed by atoms with Crippen molar-refractivity contribution in [1.29, 1.82) is 0 Å². The van der Waals surface area contributed by atoms with Gasteiger partial charge in [-0.2, -0.15) is 0 Å². The highest BCUT2D eigenvalue weighted by atomic mass is 32.1. The van der Waals surface area contributed by atoms with Crippen LogP contribution >= 0.6 is 0 Å². The molecule has 34 heavy (non-hydrogen) atoms. The number of aryl methyl sites for hydroxylation is 1. The molecule has 1 aliphatic rings. The maximum absolute atomic E-state index is 13.1. The van der Waals surface area contributed by atoms with Gasteiger partial charge in [-0.15, -0.1) is 0 Å². The molecule has 0 radical (unpaired) electrons. The number of benzene rings is 2. The average Bonchev–Trinajstić information content (AvgIpc) is 3.11. The summed E-state index contributed by atoms with van der Waals surface area (Å²) < 4.78 is 0. The predicted molar refractivity (Wildman–Crippen MR) is 136 cm³/mol. The van der Waals surface area contributed by atoms with E-state index in [1.807, 2.05) is 38.1 Å². The monoisotopic (exact) mass is 480 g/mol. The first kappa shape index (κ1) is 25.2. The van der Waals surface area contributed by atoms with E-state index < -0.39 is 6.04 Å². The Morgan fingerprint density at radius 3 is 2.35 bits per heavy atom. The maximum Gasteiger partial charge on any atom is 0.512 e. The van der Waals surface area contributed by atoms with Crippen LogP contribution in [0.25, 0.3) is 0 Å². The zero-order valence-electron chi connectivity index (χ0n) is 19.6. The maximum atomic E-state index is 13.1. The fraction of sp³-hybridized carbons (Fsp3) is 0.346. The van der Waals surface area contributed by atoms with E-state index in [-0.39, 0.29) is 28.9 Å². The van der Waals surface area contributed by atoms with Crippen LogP contribution in [0.2, 0.25) is 0 Å². The van der Waals surface area contributed by atoms with Gasteiger partial charge in [-0.1, -0.05) is 57.5 Å². The van der Waals surface area contributed by atoms with Gasteiger partial charge in [0.2, 0.25) is 5.91 Å². The Bertz CT molecular complexity index is 1110. The van der Waals surface area contributed by atoms with Crippen molar-refractivity contribution in [2.75, 3.05) is 5.32 Å². The summed E-state index contributed by atoms with van der Waals surface area (Å²) >= 11 is 0.894. The molecular formula is C26H30N3O4S+. The van der Waals surface area contributed by atoms with Crippen LogP contribution in [0.5, 0.6) is 0 Å². The lowest BCUT2D eigenvalue weighted by molar-refractivity contribution is -0.118. The third-order valence-corrected chi connectivity index (χ3v) is 6.25. The van der Waals surface area contributed by atoms with Gasteiger partial charge in [0.1, 0.15) is 6.04 Å². The first-order valence-electron chi connectivity index (χ1n) is 11.4. The Hall–Kier alpha value is -3.39. The molecule has 178 valence electrons. The molecule has 0 unspecified atom stereocenters. The summed E-state index contributed by atoms with van der Waals surface area (Å²) in [5.41, 5.74) is 3.07. The van der Waals surface area contributed by atoms with Crippen molar-refractivity contribution in [3.8, 4) is 0 Å². The summed E-state index contributed by atoms with van der Waals surface area (Å²) in [5.74, 6) is -0.753. The molecule has 4 amide bonds. The summed E-state index contributed by atoms with van der Waals surface area (Å²) in [7, 11) is 0. The quantitative estimate of drug-likeness (QED) is 0.358. The minimum atomic E-state index is -0.679. The van der Waals surface area contributed by atoms with Gasteiger partial charge in [-0.05, 0) is 48.1 Å². The van der Waals surface area contributed by atoms with Gasteiger partial charge in [0.25, 0.3) is 22.1 Å². The minimum absolute atomic E-state index is 0.208. The average molecular weight is 481 g/mol. The fourth-order valence-corrected chi connectivity index (χ4v) is 4.47. The SMILES string of the molecule is CCCc1ccccc1NC(=O)[C@H](CC(C)C)NC(=O)c1ccc(CC2=[S+]C(=O)NC2=O)cc1. The lowest BCUT2D eigenvalue weighted by Crippen LogP contribution is -2.44. The van der Waals surface area contributed by atoms with Crippen molar-refractivity contribution in [2.45, 2.75) is 52.5 Å². The first-order chi connectivity index (χ1) is 16.3. The van der Waals surface area contributed by atoms with Crippen molar-refractivity contribution >= 4 is 44.9 Å². The molecule has 3 N–H and O–H groups in total. The molecule has 8 heteroatoms. The van der Waals surface area contributed by atoms with E-state index in [4.69, 9.17) is 0 Å². The number of anilines is 1. The van der Waals surface area contributed by atoms with E-state index in [1.165, 1.54) is 0 Å². The normalized spacial score (nSPS) is 13.9. The van der Waals surface area contributed by atoms with Gasteiger partial charge in [0.15, 0.2) is 0 Å². The van der Waals surface area contributed by atoms with Crippen LogP contribution in [0.15, 0.2) is 48.5 Å². The highest BCUT2D eigenvalue weighted by Gasteiger charge is 2.36. The predicted octanol–water partition coefficient (Wildman–Crippen LogP) is 3.47. The molecule has 7 nitrogen and oxygen atoms in total. The van der Waals surface area contributed by atoms with Gasteiger partial charge >= 0.3 is 11.1 Å². The first-order valence-corrected chi connectivity index (χ1v) is 12.3. The highest BCUT2D eigenvalue weighted by molar-refractivity contribution is 7.96. The highest BCUT2D eigenvalue weighted by Crippen LogP contribution is 2.18. The second-order valence-corrected chi connectivity index (χ2v) is 9.76. The second-order valence-electron chi connectivity index (χ2n) is 8.69. The van der Waals surface area contributed by atoms with Crippen LogP contribution in [0.4, 0.5) is 10.5 Å². The Morgan fingerprint density at radius 1 is 1.03 bits per heavy atom. The Kier molecular flexibility index (Phi) is 8.65. The van der Waals surface area contributed by atoms with Crippen LogP contribution in [-0.4, -0.2) is 33.9 Å². The van der Waals surface area contributed by atoms with Crippen LogP contribution in [0.3, 0.4) is 0 Å². The van der Waals surface area contributed by atoms with Crippen molar-refractivity contribution in [3.05, 3.63) is 65.2 Å². The zero-order chi connectivity index (χ0) is 24.7. The molecule has 0 saturated carbocycles.